The van der Waals surface area contributed by atoms with E-state index in [-0.39, 0.29) is 5.91 Å². The molecule has 1 N–H and O–H groups in total. The van der Waals surface area contributed by atoms with Crippen molar-refractivity contribution in [2.45, 2.75) is 0 Å². The van der Waals surface area contributed by atoms with Crippen molar-refractivity contribution in [1.29, 1.82) is 0 Å². The number of rotatable bonds is 5. The molecule has 0 unspecified atom stereocenters. The Bertz CT molecular complexity index is 1070. The number of esters is 1. The Labute approximate surface area is 177 Å². The summed E-state index contributed by atoms with van der Waals surface area (Å²) < 4.78 is 16.5. The van der Waals surface area contributed by atoms with Crippen molar-refractivity contribution < 1.29 is 23.8 Å². The molecule has 1 amide bonds. The summed E-state index contributed by atoms with van der Waals surface area (Å²) in [4.78, 5) is 31.1. The van der Waals surface area contributed by atoms with Crippen LogP contribution in [0.1, 0.15) is 20.7 Å². The fourth-order valence-corrected chi connectivity index (χ4v) is 4.30. The van der Waals surface area contributed by atoms with E-state index in [1.165, 1.54) is 18.4 Å². The van der Waals surface area contributed by atoms with Crippen molar-refractivity contribution in [1.82, 2.24) is 4.98 Å². The summed E-state index contributed by atoms with van der Waals surface area (Å²) in [5, 5.41) is 3.32. The zero-order valence-corrected chi connectivity index (χ0v) is 17.5. The second kappa shape index (κ2) is 8.68. The number of aromatic nitrogens is 1. The highest BCUT2D eigenvalue weighted by atomic mass is 32.1. The smallest absolute Gasteiger partial charge is 0.337 e. The molecule has 1 aliphatic heterocycles. The van der Waals surface area contributed by atoms with Gasteiger partial charge in [-0.25, -0.2) is 9.78 Å². The summed E-state index contributed by atoms with van der Waals surface area (Å²) in [6.07, 6.45) is 0. The van der Waals surface area contributed by atoms with Gasteiger partial charge in [-0.15, -0.1) is 0 Å². The third-order valence-corrected chi connectivity index (χ3v) is 5.84. The highest BCUT2D eigenvalue weighted by Crippen LogP contribution is 2.39. The molecule has 156 valence electrons. The van der Waals surface area contributed by atoms with Gasteiger partial charge in [-0.2, -0.15) is 0 Å². The lowest BCUT2D eigenvalue weighted by Gasteiger charge is -2.29. The van der Waals surface area contributed by atoms with Gasteiger partial charge in [-0.3, -0.25) is 10.1 Å². The number of nitrogens with zero attached hydrogens (tertiary/aromatic N) is 2. The molecule has 2 heterocycles. The van der Waals surface area contributed by atoms with Gasteiger partial charge >= 0.3 is 5.97 Å². The molecule has 0 atom stereocenters. The van der Waals surface area contributed by atoms with Gasteiger partial charge in [-0.05, 0) is 36.4 Å². The molecule has 9 heteroatoms. The number of amides is 1. The molecule has 1 aliphatic rings. The predicted molar refractivity (Wildman–Crippen MR) is 115 cm³/mol. The largest absolute Gasteiger partial charge is 0.494 e. The number of fused-ring (bicyclic) bond motifs is 1. The maximum absolute atomic E-state index is 12.7. The number of carbonyl (C=O) groups is 2. The van der Waals surface area contributed by atoms with Crippen LogP contribution in [0.3, 0.4) is 0 Å². The number of anilines is 2. The van der Waals surface area contributed by atoms with E-state index in [9.17, 15) is 9.59 Å². The molecule has 4 rings (SSSR count). The highest BCUT2D eigenvalue weighted by Gasteiger charge is 2.20. The van der Waals surface area contributed by atoms with Crippen molar-refractivity contribution in [2.24, 2.45) is 0 Å². The Kier molecular flexibility index (Phi) is 5.82. The number of thiazole rings is 1. The summed E-state index contributed by atoms with van der Waals surface area (Å²) in [5.41, 5.74) is 2.56. The van der Waals surface area contributed by atoms with Gasteiger partial charge in [0.15, 0.2) is 5.13 Å². The maximum Gasteiger partial charge on any atom is 0.337 e. The van der Waals surface area contributed by atoms with Crippen LogP contribution in [0.25, 0.3) is 10.2 Å². The predicted octanol–water partition coefficient (Wildman–Crippen LogP) is 3.18. The molecule has 3 aromatic rings. The standard InChI is InChI=1S/C21H21N3O5S/c1-27-16-8-7-15(24-9-11-29-12-10-24)18-17(16)22-21(30-18)23-19(25)13-3-5-14(6-4-13)20(26)28-2/h3-8H,9-12H2,1-2H3,(H,22,23,25). The first-order valence-electron chi connectivity index (χ1n) is 9.40. The molecule has 1 aromatic heterocycles. The average Bonchev–Trinajstić information content (AvgIpc) is 3.22. The van der Waals surface area contributed by atoms with Crippen LogP contribution in [0, 0.1) is 0 Å². The number of hydrogen-bond acceptors (Lipinski definition) is 8. The van der Waals surface area contributed by atoms with Crippen molar-refractivity contribution >= 4 is 44.2 Å². The van der Waals surface area contributed by atoms with Gasteiger partial charge < -0.3 is 19.1 Å². The van der Waals surface area contributed by atoms with Crippen LogP contribution in [0.15, 0.2) is 36.4 Å². The third kappa shape index (κ3) is 3.94. The van der Waals surface area contributed by atoms with Gasteiger partial charge in [0.2, 0.25) is 0 Å². The number of carbonyl (C=O) groups excluding carboxylic acids is 2. The van der Waals surface area contributed by atoms with Crippen LogP contribution in [-0.2, 0) is 9.47 Å². The number of benzene rings is 2. The first-order valence-corrected chi connectivity index (χ1v) is 10.2. The van der Waals surface area contributed by atoms with Gasteiger partial charge in [0.25, 0.3) is 5.91 Å². The Morgan fingerprint density at radius 1 is 1.07 bits per heavy atom. The highest BCUT2D eigenvalue weighted by molar-refractivity contribution is 7.23. The van der Waals surface area contributed by atoms with E-state index in [0.717, 1.165) is 23.5 Å². The minimum Gasteiger partial charge on any atom is -0.494 e. The summed E-state index contributed by atoms with van der Waals surface area (Å²) in [7, 11) is 2.92. The van der Waals surface area contributed by atoms with E-state index < -0.39 is 5.97 Å². The number of morpholine rings is 1. The molecule has 0 saturated carbocycles. The van der Waals surface area contributed by atoms with E-state index in [2.05, 4.69) is 19.9 Å². The number of methoxy groups -OCH3 is 2. The Morgan fingerprint density at radius 3 is 2.43 bits per heavy atom. The molecular weight excluding hydrogens is 406 g/mol. The topological polar surface area (TPSA) is 90.0 Å². The zero-order chi connectivity index (χ0) is 21.1. The Balaban J connectivity index is 1.61. The first-order chi connectivity index (χ1) is 14.6. The normalized spacial score (nSPS) is 13.9. The maximum atomic E-state index is 12.7. The van der Waals surface area contributed by atoms with Gasteiger partial charge in [0, 0.05) is 18.7 Å². The van der Waals surface area contributed by atoms with Crippen LogP contribution in [0.5, 0.6) is 5.75 Å². The van der Waals surface area contributed by atoms with Crippen molar-refractivity contribution in [3.63, 3.8) is 0 Å². The quantitative estimate of drug-likeness (QED) is 0.626. The van der Waals surface area contributed by atoms with Crippen molar-refractivity contribution in [2.75, 3.05) is 50.7 Å². The molecule has 1 saturated heterocycles. The molecule has 0 aliphatic carbocycles. The second-order valence-corrected chi connectivity index (χ2v) is 7.61. The lowest BCUT2D eigenvalue weighted by molar-refractivity contribution is 0.0600. The lowest BCUT2D eigenvalue weighted by Crippen LogP contribution is -2.36. The van der Waals surface area contributed by atoms with Crippen LogP contribution < -0.4 is 15.0 Å². The Morgan fingerprint density at radius 2 is 1.77 bits per heavy atom. The molecule has 0 radical (unpaired) electrons. The number of ether oxygens (including phenoxy) is 3. The monoisotopic (exact) mass is 427 g/mol. The van der Waals surface area contributed by atoms with E-state index in [1.807, 2.05) is 12.1 Å². The van der Waals surface area contributed by atoms with Gasteiger partial charge in [-0.1, -0.05) is 11.3 Å². The molecule has 1 fully saturated rings. The van der Waals surface area contributed by atoms with Gasteiger partial charge in [0.05, 0.1) is 43.4 Å². The van der Waals surface area contributed by atoms with E-state index in [0.29, 0.717) is 40.7 Å². The third-order valence-electron chi connectivity index (χ3n) is 4.85. The summed E-state index contributed by atoms with van der Waals surface area (Å²) in [6.45, 7) is 2.95. The molecular formula is C21H21N3O5S. The van der Waals surface area contributed by atoms with Crippen LogP contribution >= 0.6 is 11.3 Å². The summed E-state index contributed by atoms with van der Waals surface area (Å²) >= 11 is 1.40. The minimum absolute atomic E-state index is 0.308. The van der Waals surface area contributed by atoms with E-state index in [1.54, 1.807) is 31.4 Å². The fraction of sp³-hybridized carbons (Fsp3) is 0.286. The average molecular weight is 427 g/mol. The first kappa shape index (κ1) is 20.1. The van der Waals surface area contributed by atoms with E-state index >= 15 is 0 Å². The Hall–Kier alpha value is -3.17. The van der Waals surface area contributed by atoms with Crippen LogP contribution in [-0.4, -0.2) is 57.4 Å². The number of hydrogen-bond donors (Lipinski definition) is 1. The minimum atomic E-state index is -0.448. The molecule has 0 spiro atoms. The lowest BCUT2D eigenvalue weighted by atomic mass is 10.1. The summed E-state index contributed by atoms with van der Waals surface area (Å²) in [6, 6.07) is 10.2. The molecule has 8 nitrogen and oxygen atoms in total. The van der Waals surface area contributed by atoms with Crippen molar-refractivity contribution in [3.8, 4) is 5.75 Å². The summed E-state index contributed by atoms with van der Waals surface area (Å²) in [5.74, 6) is -0.102. The van der Waals surface area contributed by atoms with Crippen LogP contribution in [0.4, 0.5) is 10.8 Å². The molecule has 0 bridgehead atoms. The van der Waals surface area contributed by atoms with E-state index in [4.69, 9.17) is 9.47 Å². The zero-order valence-electron chi connectivity index (χ0n) is 16.6. The second-order valence-electron chi connectivity index (χ2n) is 6.61. The molecule has 30 heavy (non-hydrogen) atoms. The molecule has 2 aromatic carbocycles. The fourth-order valence-electron chi connectivity index (χ4n) is 3.29. The van der Waals surface area contributed by atoms with Gasteiger partial charge in [0.1, 0.15) is 11.3 Å². The van der Waals surface area contributed by atoms with Crippen LogP contribution in [0.2, 0.25) is 0 Å². The number of nitrogens with one attached hydrogen (secondary N) is 1. The SMILES string of the molecule is COC(=O)c1ccc(C(=O)Nc2nc3c(OC)ccc(N4CCOCC4)c3s2)cc1. The van der Waals surface area contributed by atoms with Crippen molar-refractivity contribution in [3.05, 3.63) is 47.5 Å².